The number of amides is 2. The molecule has 1 fully saturated rings. The summed E-state index contributed by atoms with van der Waals surface area (Å²) in [5.74, 6) is 0.138. The summed E-state index contributed by atoms with van der Waals surface area (Å²) in [6.07, 6.45) is 11.5. The van der Waals surface area contributed by atoms with Gasteiger partial charge in [0.15, 0.2) is 0 Å². The number of rotatable bonds is 11. The smallest absolute Gasteiger partial charge is 0.267 e. The van der Waals surface area contributed by atoms with Gasteiger partial charge in [0.1, 0.15) is 11.9 Å². The molecule has 9 nitrogen and oxygen atoms in total. The van der Waals surface area contributed by atoms with Crippen LogP contribution in [-0.4, -0.2) is 46.2 Å². The highest BCUT2D eigenvalue weighted by atomic mass is 16.5. The highest BCUT2D eigenvalue weighted by Gasteiger charge is 2.21. The molecule has 0 spiro atoms. The highest BCUT2D eigenvalue weighted by Crippen LogP contribution is 2.22. The summed E-state index contributed by atoms with van der Waals surface area (Å²) in [6, 6.07) is 9.15. The van der Waals surface area contributed by atoms with Gasteiger partial charge in [-0.3, -0.25) is 19.8 Å². The Kier molecular flexibility index (Phi) is 9.81. The van der Waals surface area contributed by atoms with Gasteiger partial charge in [-0.1, -0.05) is 49.6 Å². The Balaban J connectivity index is 1.59. The third kappa shape index (κ3) is 8.63. The quantitative estimate of drug-likeness (QED) is 0.234. The number of nitrogens with zero attached hydrogens (tertiary/aromatic N) is 2. The van der Waals surface area contributed by atoms with Crippen LogP contribution in [0.1, 0.15) is 43.4 Å². The van der Waals surface area contributed by atoms with Crippen LogP contribution in [-0.2, 0) is 20.9 Å². The van der Waals surface area contributed by atoms with E-state index in [0.717, 1.165) is 24.5 Å². The Hall–Kier alpha value is -3.30. The maximum atomic E-state index is 12.9. The summed E-state index contributed by atoms with van der Waals surface area (Å²) >= 11 is 0. The number of carbonyl (C=O) groups is 2. The predicted octanol–water partition coefficient (Wildman–Crippen LogP) is 2.69. The van der Waals surface area contributed by atoms with Crippen LogP contribution < -0.4 is 16.1 Å². The van der Waals surface area contributed by atoms with E-state index in [9.17, 15) is 9.59 Å². The molecule has 0 aliphatic heterocycles. The van der Waals surface area contributed by atoms with E-state index >= 15 is 0 Å². The molecular weight excluding hydrogens is 422 g/mol. The van der Waals surface area contributed by atoms with E-state index in [-0.39, 0.29) is 12.5 Å². The molecule has 0 saturated heterocycles. The molecule has 0 bridgehead atoms. The summed E-state index contributed by atoms with van der Waals surface area (Å²) in [7, 11) is 0. The van der Waals surface area contributed by atoms with Crippen LogP contribution >= 0.6 is 0 Å². The van der Waals surface area contributed by atoms with Crippen LogP contribution in [0.25, 0.3) is 6.08 Å². The Morgan fingerprint density at radius 3 is 2.61 bits per heavy atom. The number of benzene rings is 1. The molecule has 1 aromatic carbocycles. The monoisotopic (exact) mass is 453 g/mol. The van der Waals surface area contributed by atoms with Crippen molar-refractivity contribution in [3.63, 3.8) is 0 Å². The van der Waals surface area contributed by atoms with Crippen molar-refractivity contribution in [2.24, 2.45) is 5.92 Å². The number of hydrogen-bond donors (Lipinski definition) is 4. The molecule has 1 saturated carbocycles. The predicted molar refractivity (Wildman–Crippen MR) is 124 cm³/mol. The number of anilines is 1. The first-order valence-electron chi connectivity index (χ1n) is 11.2. The first-order chi connectivity index (χ1) is 16.1. The van der Waals surface area contributed by atoms with Crippen LogP contribution in [0.15, 0.2) is 48.8 Å². The minimum Gasteiger partial charge on any atom is -0.374 e. The normalized spacial score (nSPS) is 15.2. The molecule has 9 heteroatoms. The van der Waals surface area contributed by atoms with E-state index in [0.29, 0.717) is 30.6 Å². The molecule has 3 rings (SSSR count). The molecule has 2 amide bonds. The second-order valence-electron chi connectivity index (χ2n) is 8.08. The molecule has 1 atom stereocenters. The lowest BCUT2D eigenvalue weighted by Crippen LogP contribution is -2.44. The van der Waals surface area contributed by atoms with Crippen LogP contribution in [0.3, 0.4) is 0 Å². The fourth-order valence-electron chi connectivity index (χ4n) is 3.69. The van der Waals surface area contributed by atoms with Crippen LogP contribution in [0.2, 0.25) is 0 Å². The topological polar surface area (TPSA) is 125 Å². The molecule has 1 aliphatic carbocycles. The van der Waals surface area contributed by atoms with Gasteiger partial charge < -0.3 is 15.4 Å². The average molecular weight is 454 g/mol. The summed E-state index contributed by atoms with van der Waals surface area (Å²) in [5, 5.41) is 14.7. The third-order valence-electron chi connectivity index (χ3n) is 5.51. The number of nitrogens with one attached hydrogen (secondary N) is 3. The van der Waals surface area contributed by atoms with Gasteiger partial charge in [-0.05, 0) is 30.4 Å². The van der Waals surface area contributed by atoms with Crippen LogP contribution in [0, 0.1) is 5.92 Å². The van der Waals surface area contributed by atoms with E-state index in [1.807, 2.05) is 30.3 Å². The molecule has 0 radical (unpaired) electrons. The van der Waals surface area contributed by atoms with Crippen LogP contribution in [0.4, 0.5) is 5.82 Å². The zero-order valence-electron chi connectivity index (χ0n) is 18.6. The van der Waals surface area contributed by atoms with Crippen molar-refractivity contribution in [3.8, 4) is 0 Å². The summed E-state index contributed by atoms with van der Waals surface area (Å²) in [5.41, 5.74) is 2.97. The maximum Gasteiger partial charge on any atom is 0.267 e. The van der Waals surface area contributed by atoms with Crippen molar-refractivity contribution in [3.05, 3.63) is 60.1 Å². The van der Waals surface area contributed by atoms with E-state index in [1.165, 1.54) is 43.2 Å². The maximum absolute atomic E-state index is 12.9. The second kappa shape index (κ2) is 13.3. The summed E-state index contributed by atoms with van der Waals surface area (Å²) in [4.78, 5) is 32.5. The molecule has 1 heterocycles. The van der Waals surface area contributed by atoms with E-state index in [4.69, 9.17) is 9.94 Å². The van der Waals surface area contributed by atoms with E-state index in [2.05, 4.69) is 20.6 Å². The standard InChI is InChI=1S/C24H31N5O4/c30-23(29-32)12-11-20-14-26-22(15-25-20)28-21(17-33-16-19-9-5-2-6-10-19)24(31)27-13-18-7-3-1-4-8-18/h2,5-6,9-12,14-15,18,21,32H,1,3-4,7-8,13,16-17H2,(H,26,28)(H,27,31)(H,29,30)/t21-/m1/s1. The van der Waals surface area contributed by atoms with Gasteiger partial charge in [-0.15, -0.1) is 0 Å². The summed E-state index contributed by atoms with van der Waals surface area (Å²) < 4.78 is 5.82. The Labute approximate surface area is 193 Å². The van der Waals surface area contributed by atoms with Crippen molar-refractivity contribution < 1.29 is 19.5 Å². The minimum absolute atomic E-state index is 0.140. The average Bonchev–Trinajstić information content (AvgIpc) is 2.87. The fourth-order valence-corrected chi connectivity index (χ4v) is 3.69. The molecule has 176 valence electrons. The molecule has 2 aromatic rings. The van der Waals surface area contributed by atoms with Gasteiger partial charge in [0, 0.05) is 12.6 Å². The third-order valence-corrected chi connectivity index (χ3v) is 5.51. The van der Waals surface area contributed by atoms with Gasteiger partial charge in [0.25, 0.3) is 5.91 Å². The molecule has 1 aromatic heterocycles. The number of hydroxylamine groups is 1. The lowest BCUT2D eigenvalue weighted by molar-refractivity contribution is -0.124. The number of hydrogen-bond acceptors (Lipinski definition) is 7. The Bertz CT molecular complexity index is 899. The van der Waals surface area contributed by atoms with Crippen molar-refractivity contribution in [2.75, 3.05) is 18.5 Å². The van der Waals surface area contributed by atoms with Crippen molar-refractivity contribution >= 4 is 23.7 Å². The largest absolute Gasteiger partial charge is 0.374 e. The lowest BCUT2D eigenvalue weighted by atomic mass is 9.89. The number of carbonyl (C=O) groups excluding carboxylic acids is 2. The van der Waals surface area contributed by atoms with Crippen LogP contribution in [0.5, 0.6) is 0 Å². The van der Waals surface area contributed by atoms with E-state index < -0.39 is 11.9 Å². The molecule has 4 N–H and O–H groups in total. The summed E-state index contributed by atoms with van der Waals surface area (Å²) in [6.45, 7) is 1.24. The molecule has 0 unspecified atom stereocenters. The fraction of sp³-hybridized carbons (Fsp3) is 0.417. The van der Waals surface area contributed by atoms with Crippen molar-refractivity contribution in [1.29, 1.82) is 0 Å². The zero-order chi connectivity index (χ0) is 23.3. The second-order valence-corrected chi connectivity index (χ2v) is 8.08. The first kappa shape index (κ1) is 24.3. The number of aromatic nitrogens is 2. The van der Waals surface area contributed by atoms with Gasteiger partial charge in [-0.25, -0.2) is 10.5 Å². The van der Waals surface area contributed by atoms with Gasteiger partial charge in [0.05, 0.1) is 31.3 Å². The van der Waals surface area contributed by atoms with Gasteiger partial charge in [-0.2, -0.15) is 0 Å². The Morgan fingerprint density at radius 2 is 1.91 bits per heavy atom. The molecule has 1 aliphatic rings. The van der Waals surface area contributed by atoms with Crippen molar-refractivity contribution in [1.82, 2.24) is 20.8 Å². The molecule has 33 heavy (non-hydrogen) atoms. The Morgan fingerprint density at radius 1 is 1.12 bits per heavy atom. The van der Waals surface area contributed by atoms with Gasteiger partial charge in [0.2, 0.25) is 5.91 Å². The molecular formula is C24H31N5O4. The van der Waals surface area contributed by atoms with Gasteiger partial charge >= 0.3 is 0 Å². The highest BCUT2D eigenvalue weighted by molar-refractivity contribution is 5.90. The SMILES string of the molecule is O=C(C=Cc1cnc(N[C@H](COCc2ccccc2)C(=O)NCC2CCCCC2)cn1)NO. The van der Waals surface area contributed by atoms with Crippen molar-refractivity contribution in [2.45, 2.75) is 44.8 Å². The lowest BCUT2D eigenvalue weighted by Gasteiger charge is -2.24. The zero-order valence-corrected chi connectivity index (χ0v) is 18.6. The first-order valence-corrected chi connectivity index (χ1v) is 11.2. The van der Waals surface area contributed by atoms with E-state index in [1.54, 1.807) is 0 Å². The minimum atomic E-state index is -0.663. The number of ether oxygens (including phenoxy) is 1.